The standard InChI is InChI=1S/C12H11NO4/c1-8-6-9(4-3-5-10(14)15)7-13-11(8)12(16)17-2/h6-7H,5H2,1-2H3,(H,14,15). The molecule has 0 fully saturated rings. The van der Waals surface area contributed by atoms with Crippen molar-refractivity contribution in [1.82, 2.24) is 4.98 Å². The summed E-state index contributed by atoms with van der Waals surface area (Å²) in [5, 5.41) is 8.42. The second kappa shape index (κ2) is 5.66. The van der Waals surface area contributed by atoms with E-state index in [1.54, 1.807) is 13.0 Å². The molecule has 1 N–H and O–H groups in total. The third-order valence-corrected chi connectivity index (χ3v) is 1.93. The number of aryl methyl sites for hydroxylation is 1. The molecule has 0 unspecified atom stereocenters. The normalized spacial score (nSPS) is 9.06. The molecule has 0 saturated heterocycles. The van der Waals surface area contributed by atoms with E-state index in [9.17, 15) is 9.59 Å². The van der Waals surface area contributed by atoms with Crippen LogP contribution in [0, 0.1) is 18.8 Å². The van der Waals surface area contributed by atoms with Crippen LogP contribution in [-0.4, -0.2) is 29.1 Å². The number of aromatic nitrogens is 1. The predicted molar refractivity (Wildman–Crippen MR) is 59.4 cm³/mol. The van der Waals surface area contributed by atoms with E-state index in [1.165, 1.54) is 13.3 Å². The van der Waals surface area contributed by atoms with Crippen LogP contribution in [0.2, 0.25) is 0 Å². The van der Waals surface area contributed by atoms with Gasteiger partial charge in [-0.1, -0.05) is 11.8 Å². The number of ether oxygens (including phenoxy) is 1. The first-order valence-corrected chi connectivity index (χ1v) is 4.80. The second-order valence-corrected chi connectivity index (χ2v) is 3.25. The number of rotatable bonds is 2. The molecule has 1 rings (SSSR count). The molecule has 0 bridgehead atoms. The number of hydrogen-bond donors (Lipinski definition) is 1. The van der Waals surface area contributed by atoms with E-state index in [2.05, 4.69) is 21.6 Å². The van der Waals surface area contributed by atoms with Crippen LogP contribution in [0.4, 0.5) is 0 Å². The summed E-state index contributed by atoms with van der Waals surface area (Å²) >= 11 is 0. The molecule has 0 amide bonds. The molecule has 1 aromatic heterocycles. The highest BCUT2D eigenvalue weighted by molar-refractivity contribution is 5.88. The fourth-order valence-electron chi connectivity index (χ4n) is 1.18. The maximum Gasteiger partial charge on any atom is 0.356 e. The molecule has 88 valence electrons. The lowest BCUT2D eigenvalue weighted by molar-refractivity contribution is -0.135. The van der Waals surface area contributed by atoms with Crippen molar-refractivity contribution in [2.45, 2.75) is 13.3 Å². The van der Waals surface area contributed by atoms with Crippen LogP contribution in [0.15, 0.2) is 12.3 Å². The fourth-order valence-corrected chi connectivity index (χ4v) is 1.18. The van der Waals surface area contributed by atoms with Crippen LogP contribution < -0.4 is 0 Å². The Labute approximate surface area is 98.4 Å². The van der Waals surface area contributed by atoms with Crippen LogP contribution in [0.5, 0.6) is 0 Å². The molecule has 17 heavy (non-hydrogen) atoms. The molecule has 0 saturated carbocycles. The van der Waals surface area contributed by atoms with Gasteiger partial charge in [0.2, 0.25) is 0 Å². The highest BCUT2D eigenvalue weighted by atomic mass is 16.5. The van der Waals surface area contributed by atoms with E-state index in [1.807, 2.05) is 0 Å². The molecule has 0 atom stereocenters. The van der Waals surface area contributed by atoms with E-state index >= 15 is 0 Å². The molecule has 5 heteroatoms. The Kier molecular flexibility index (Phi) is 4.23. The minimum atomic E-state index is -0.978. The lowest BCUT2D eigenvalue weighted by Crippen LogP contribution is -2.06. The molecule has 0 radical (unpaired) electrons. The van der Waals surface area contributed by atoms with Crippen LogP contribution in [0.3, 0.4) is 0 Å². The SMILES string of the molecule is COC(=O)c1ncc(C#CCC(=O)O)cc1C. The number of aliphatic carboxylic acids is 1. The number of carboxylic acid groups (broad SMARTS) is 1. The zero-order valence-corrected chi connectivity index (χ0v) is 9.48. The van der Waals surface area contributed by atoms with Gasteiger partial charge in [0.15, 0.2) is 5.69 Å². The van der Waals surface area contributed by atoms with Gasteiger partial charge < -0.3 is 9.84 Å². The number of carboxylic acids is 1. The Morgan fingerprint density at radius 3 is 2.76 bits per heavy atom. The summed E-state index contributed by atoms with van der Waals surface area (Å²) in [6.45, 7) is 1.71. The van der Waals surface area contributed by atoms with Crippen LogP contribution in [0.1, 0.15) is 28.0 Å². The van der Waals surface area contributed by atoms with Gasteiger partial charge in [-0.25, -0.2) is 9.78 Å². The predicted octanol–water partition coefficient (Wildman–Crippen LogP) is 1.00. The van der Waals surface area contributed by atoms with Crippen LogP contribution >= 0.6 is 0 Å². The van der Waals surface area contributed by atoms with Gasteiger partial charge in [0.25, 0.3) is 0 Å². The maximum atomic E-state index is 11.3. The van der Waals surface area contributed by atoms with Crippen molar-refractivity contribution in [2.24, 2.45) is 0 Å². The van der Waals surface area contributed by atoms with E-state index in [4.69, 9.17) is 5.11 Å². The average Bonchev–Trinajstić information content (AvgIpc) is 2.28. The molecule has 0 aliphatic carbocycles. The van der Waals surface area contributed by atoms with Crippen molar-refractivity contribution < 1.29 is 19.4 Å². The van der Waals surface area contributed by atoms with Crippen molar-refractivity contribution in [3.63, 3.8) is 0 Å². The topological polar surface area (TPSA) is 76.5 Å². The Balaban J connectivity index is 2.92. The molecule has 1 aromatic rings. The Morgan fingerprint density at radius 1 is 1.53 bits per heavy atom. The average molecular weight is 233 g/mol. The Bertz CT molecular complexity index is 511. The smallest absolute Gasteiger partial charge is 0.356 e. The zero-order valence-electron chi connectivity index (χ0n) is 9.48. The number of methoxy groups -OCH3 is 1. The third kappa shape index (κ3) is 3.61. The fraction of sp³-hybridized carbons (Fsp3) is 0.250. The highest BCUT2D eigenvalue weighted by Gasteiger charge is 2.10. The van der Waals surface area contributed by atoms with E-state index in [-0.39, 0.29) is 12.1 Å². The number of nitrogens with zero attached hydrogens (tertiary/aromatic N) is 1. The summed E-state index contributed by atoms with van der Waals surface area (Å²) in [6.07, 6.45) is 1.19. The molecule has 0 aromatic carbocycles. The minimum Gasteiger partial charge on any atom is -0.481 e. The number of hydrogen-bond acceptors (Lipinski definition) is 4. The summed E-state index contributed by atoms with van der Waals surface area (Å²) in [5.41, 5.74) is 1.44. The zero-order chi connectivity index (χ0) is 12.8. The summed E-state index contributed by atoms with van der Waals surface area (Å²) in [5.74, 6) is 3.66. The van der Waals surface area contributed by atoms with E-state index in [0.717, 1.165) is 0 Å². The molecular formula is C12H11NO4. The number of carbonyl (C=O) groups is 2. The number of carbonyl (C=O) groups excluding carboxylic acids is 1. The summed E-state index contributed by atoms with van der Waals surface area (Å²) < 4.78 is 4.55. The lowest BCUT2D eigenvalue weighted by atomic mass is 10.1. The van der Waals surface area contributed by atoms with Gasteiger partial charge in [0.05, 0.1) is 7.11 Å². The van der Waals surface area contributed by atoms with Gasteiger partial charge >= 0.3 is 11.9 Å². The maximum absolute atomic E-state index is 11.3. The highest BCUT2D eigenvalue weighted by Crippen LogP contribution is 2.08. The first-order chi connectivity index (χ1) is 8.04. The largest absolute Gasteiger partial charge is 0.481 e. The van der Waals surface area contributed by atoms with E-state index < -0.39 is 11.9 Å². The van der Waals surface area contributed by atoms with Gasteiger partial charge in [-0.05, 0) is 18.6 Å². The third-order valence-electron chi connectivity index (χ3n) is 1.93. The Hall–Kier alpha value is -2.35. The van der Waals surface area contributed by atoms with Crippen molar-refractivity contribution in [2.75, 3.05) is 7.11 Å². The first-order valence-electron chi connectivity index (χ1n) is 4.80. The number of esters is 1. The van der Waals surface area contributed by atoms with Gasteiger partial charge in [-0.3, -0.25) is 4.79 Å². The van der Waals surface area contributed by atoms with Crippen molar-refractivity contribution in [3.05, 3.63) is 29.1 Å². The summed E-state index contributed by atoms with van der Waals surface area (Å²) in [7, 11) is 1.28. The Morgan fingerprint density at radius 2 is 2.24 bits per heavy atom. The van der Waals surface area contributed by atoms with Gasteiger partial charge in [-0.15, -0.1) is 0 Å². The second-order valence-electron chi connectivity index (χ2n) is 3.25. The monoisotopic (exact) mass is 233 g/mol. The van der Waals surface area contributed by atoms with Crippen molar-refractivity contribution in [3.8, 4) is 11.8 Å². The van der Waals surface area contributed by atoms with Gasteiger partial charge in [0, 0.05) is 11.8 Å². The molecule has 0 aliphatic heterocycles. The quantitative estimate of drug-likeness (QED) is 0.609. The lowest BCUT2D eigenvalue weighted by Gasteiger charge is -2.02. The van der Waals surface area contributed by atoms with Crippen molar-refractivity contribution >= 4 is 11.9 Å². The van der Waals surface area contributed by atoms with Crippen LogP contribution in [0.25, 0.3) is 0 Å². The first kappa shape index (κ1) is 12.7. The van der Waals surface area contributed by atoms with Gasteiger partial charge in [-0.2, -0.15) is 0 Å². The van der Waals surface area contributed by atoms with Crippen LogP contribution in [-0.2, 0) is 9.53 Å². The van der Waals surface area contributed by atoms with Gasteiger partial charge in [0.1, 0.15) is 6.42 Å². The minimum absolute atomic E-state index is 0.224. The molecule has 0 aliphatic rings. The molecular weight excluding hydrogens is 222 g/mol. The summed E-state index contributed by atoms with van der Waals surface area (Å²) in [6, 6.07) is 1.66. The molecule has 5 nitrogen and oxygen atoms in total. The van der Waals surface area contributed by atoms with Crippen molar-refractivity contribution in [1.29, 1.82) is 0 Å². The summed E-state index contributed by atoms with van der Waals surface area (Å²) in [4.78, 5) is 25.4. The van der Waals surface area contributed by atoms with E-state index in [0.29, 0.717) is 11.1 Å². The molecule has 0 spiro atoms. The molecule has 1 heterocycles. The number of pyridine rings is 1.